The van der Waals surface area contributed by atoms with E-state index in [9.17, 15) is 0 Å². The molecular formula is C14H18O3. The van der Waals surface area contributed by atoms with Crippen molar-refractivity contribution in [1.29, 1.82) is 0 Å². The molecule has 17 heavy (non-hydrogen) atoms. The number of hydrogen-bond acceptors (Lipinski definition) is 3. The van der Waals surface area contributed by atoms with Gasteiger partial charge in [0.1, 0.15) is 0 Å². The molecule has 1 aromatic carbocycles. The van der Waals surface area contributed by atoms with E-state index >= 15 is 0 Å². The van der Waals surface area contributed by atoms with E-state index in [1.165, 1.54) is 5.56 Å². The molecule has 1 N–H and O–H groups in total. The van der Waals surface area contributed by atoms with Crippen LogP contribution in [-0.4, -0.2) is 18.5 Å². The predicted octanol–water partition coefficient (Wildman–Crippen LogP) is 2.37. The first-order valence-corrected chi connectivity index (χ1v) is 6.21. The Hall–Kier alpha value is -1.22. The zero-order valence-electron chi connectivity index (χ0n) is 10.1. The summed E-state index contributed by atoms with van der Waals surface area (Å²) in [7, 11) is 0. The fraction of sp³-hybridized carbons (Fsp3) is 0.571. The highest BCUT2D eigenvalue weighted by molar-refractivity contribution is 5.44. The minimum Gasteiger partial charge on any atom is -0.454 e. The highest BCUT2D eigenvalue weighted by atomic mass is 16.7. The van der Waals surface area contributed by atoms with E-state index in [0.717, 1.165) is 30.8 Å². The molecule has 0 bridgehead atoms. The number of rotatable bonds is 4. The van der Waals surface area contributed by atoms with Gasteiger partial charge in [0, 0.05) is 6.61 Å². The van der Waals surface area contributed by atoms with Gasteiger partial charge in [-0.15, -0.1) is 0 Å². The normalized spacial score (nSPS) is 29.4. The van der Waals surface area contributed by atoms with E-state index in [2.05, 4.69) is 19.1 Å². The summed E-state index contributed by atoms with van der Waals surface area (Å²) in [6.07, 6.45) is 3.34. The molecule has 2 unspecified atom stereocenters. The minimum atomic E-state index is 0.331. The summed E-state index contributed by atoms with van der Waals surface area (Å²) in [4.78, 5) is 0. The standard InChI is InChI=1S/C14H18O3/c1-14(7-11(14)8-15)5-4-10-2-3-12-13(6-10)17-9-16-12/h2-3,6,11,15H,4-5,7-9H2,1H3. The van der Waals surface area contributed by atoms with E-state index < -0.39 is 0 Å². The van der Waals surface area contributed by atoms with E-state index in [1.54, 1.807) is 0 Å². The van der Waals surface area contributed by atoms with Gasteiger partial charge in [0.2, 0.25) is 6.79 Å². The molecule has 3 heteroatoms. The monoisotopic (exact) mass is 234 g/mol. The Morgan fingerprint density at radius 2 is 2.18 bits per heavy atom. The van der Waals surface area contributed by atoms with Crippen molar-refractivity contribution in [3.05, 3.63) is 23.8 Å². The first-order chi connectivity index (χ1) is 8.21. The van der Waals surface area contributed by atoms with Crippen LogP contribution in [-0.2, 0) is 6.42 Å². The zero-order chi connectivity index (χ0) is 11.9. The fourth-order valence-electron chi connectivity index (χ4n) is 2.62. The average molecular weight is 234 g/mol. The van der Waals surface area contributed by atoms with Crippen LogP contribution >= 0.6 is 0 Å². The van der Waals surface area contributed by atoms with Crippen molar-refractivity contribution in [2.24, 2.45) is 11.3 Å². The Labute approximate surface area is 101 Å². The summed E-state index contributed by atoms with van der Waals surface area (Å²) in [5.74, 6) is 2.22. The van der Waals surface area contributed by atoms with Crippen molar-refractivity contribution in [3.8, 4) is 11.5 Å². The average Bonchev–Trinajstić information content (AvgIpc) is 2.79. The van der Waals surface area contributed by atoms with Gasteiger partial charge in [-0.2, -0.15) is 0 Å². The molecule has 92 valence electrons. The second-order valence-electron chi connectivity index (χ2n) is 5.43. The number of fused-ring (bicyclic) bond motifs is 1. The highest BCUT2D eigenvalue weighted by Crippen LogP contribution is 2.55. The molecule has 3 rings (SSSR count). The van der Waals surface area contributed by atoms with Crippen molar-refractivity contribution in [2.75, 3.05) is 13.4 Å². The molecule has 0 radical (unpaired) electrons. The Morgan fingerprint density at radius 1 is 1.35 bits per heavy atom. The summed E-state index contributed by atoms with van der Waals surface area (Å²) in [6, 6.07) is 6.16. The lowest BCUT2D eigenvalue weighted by molar-refractivity contribution is 0.174. The number of hydrogen-bond donors (Lipinski definition) is 1. The highest BCUT2D eigenvalue weighted by Gasteiger charge is 2.48. The van der Waals surface area contributed by atoms with E-state index in [-0.39, 0.29) is 0 Å². The van der Waals surface area contributed by atoms with Crippen molar-refractivity contribution in [2.45, 2.75) is 26.2 Å². The van der Waals surface area contributed by atoms with E-state index in [0.29, 0.717) is 24.7 Å². The number of benzene rings is 1. The van der Waals surface area contributed by atoms with Crippen LogP contribution in [0.2, 0.25) is 0 Å². The number of aliphatic hydroxyl groups is 1. The van der Waals surface area contributed by atoms with E-state index in [4.69, 9.17) is 14.6 Å². The maximum absolute atomic E-state index is 9.13. The maximum atomic E-state index is 9.13. The van der Waals surface area contributed by atoms with E-state index in [1.807, 2.05) is 6.07 Å². The molecule has 1 aliphatic carbocycles. The summed E-state index contributed by atoms with van der Waals surface area (Å²) in [5, 5.41) is 9.13. The van der Waals surface area contributed by atoms with Gasteiger partial charge in [0.05, 0.1) is 0 Å². The van der Waals surface area contributed by atoms with Crippen LogP contribution in [0, 0.1) is 11.3 Å². The molecule has 1 heterocycles. The summed E-state index contributed by atoms with van der Waals surface area (Å²) >= 11 is 0. The number of aliphatic hydroxyl groups excluding tert-OH is 1. The lowest BCUT2D eigenvalue weighted by atomic mass is 9.96. The maximum Gasteiger partial charge on any atom is 0.231 e. The van der Waals surface area contributed by atoms with Gasteiger partial charge in [0.15, 0.2) is 11.5 Å². The van der Waals surface area contributed by atoms with Crippen molar-refractivity contribution in [1.82, 2.24) is 0 Å². The molecule has 2 aliphatic rings. The summed E-state index contributed by atoms with van der Waals surface area (Å²) in [6.45, 7) is 2.93. The molecule has 1 fully saturated rings. The van der Waals surface area contributed by atoms with Crippen LogP contribution in [0.4, 0.5) is 0 Å². The first kappa shape index (κ1) is 10.9. The lowest BCUT2D eigenvalue weighted by Crippen LogP contribution is -2.03. The molecule has 0 aromatic heterocycles. The van der Waals surface area contributed by atoms with Crippen molar-refractivity contribution < 1.29 is 14.6 Å². The molecule has 0 spiro atoms. The van der Waals surface area contributed by atoms with Crippen LogP contribution in [0.1, 0.15) is 25.3 Å². The summed E-state index contributed by atoms with van der Waals surface area (Å²) in [5.41, 5.74) is 1.64. The largest absolute Gasteiger partial charge is 0.454 e. The lowest BCUT2D eigenvalue weighted by Gasteiger charge is -2.10. The van der Waals surface area contributed by atoms with Gasteiger partial charge in [0.25, 0.3) is 0 Å². The summed E-state index contributed by atoms with van der Waals surface area (Å²) < 4.78 is 10.7. The van der Waals surface area contributed by atoms with Gasteiger partial charge < -0.3 is 14.6 Å². The van der Waals surface area contributed by atoms with Crippen LogP contribution in [0.25, 0.3) is 0 Å². The van der Waals surface area contributed by atoms with Gasteiger partial charge in [-0.3, -0.25) is 0 Å². The molecule has 0 saturated heterocycles. The quantitative estimate of drug-likeness (QED) is 0.869. The molecule has 1 saturated carbocycles. The Morgan fingerprint density at radius 3 is 2.94 bits per heavy atom. The van der Waals surface area contributed by atoms with Crippen LogP contribution in [0.15, 0.2) is 18.2 Å². The van der Waals surface area contributed by atoms with Crippen LogP contribution in [0.3, 0.4) is 0 Å². The van der Waals surface area contributed by atoms with Gasteiger partial charge in [-0.05, 0) is 48.3 Å². The zero-order valence-corrected chi connectivity index (χ0v) is 10.1. The van der Waals surface area contributed by atoms with Crippen LogP contribution < -0.4 is 9.47 Å². The predicted molar refractivity (Wildman–Crippen MR) is 64.2 cm³/mol. The number of aryl methyl sites for hydroxylation is 1. The number of ether oxygens (including phenoxy) is 2. The third-order valence-electron chi connectivity index (χ3n) is 4.18. The Balaban J connectivity index is 1.63. The van der Waals surface area contributed by atoms with Crippen molar-refractivity contribution >= 4 is 0 Å². The second kappa shape index (κ2) is 3.91. The molecule has 0 amide bonds. The van der Waals surface area contributed by atoms with Gasteiger partial charge in [-0.25, -0.2) is 0 Å². The first-order valence-electron chi connectivity index (χ1n) is 6.21. The SMILES string of the molecule is CC1(CCc2ccc3c(c2)OCO3)CC1CO. The third-order valence-corrected chi connectivity index (χ3v) is 4.18. The molecule has 2 atom stereocenters. The second-order valence-corrected chi connectivity index (χ2v) is 5.43. The minimum absolute atomic E-state index is 0.331. The Bertz CT molecular complexity index is 429. The third kappa shape index (κ3) is 2.00. The molecular weight excluding hydrogens is 216 g/mol. The smallest absolute Gasteiger partial charge is 0.231 e. The molecule has 1 aromatic rings. The molecule has 3 nitrogen and oxygen atoms in total. The van der Waals surface area contributed by atoms with Crippen molar-refractivity contribution in [3.63, 3.8) is 0 Å². The fourth-order valence-corrected chi connectivity index (χ4v) is 2.62. The van der Waals surface area contributed by atoms with Gasteiger partial charge >= 0.3 is 0 Å². The Kier molecular flexibility index (Phi) is 2.51. The van der Waals surface area contributed by atoms with Crippen LogP contribution in [0.5, 0.6) is 11.5 Å². The molecule has 1 aliphatic heterocycles. The van der Waals surface area contributed by atoms with Gasteiger partial charge in [-0.1, -0.05) is 13.0 Å². The topological polar surface area (TPSA) is 38.7 Å².